The molecule has 2 aromatic rings. The van der Waals surface area contributed by atoms with Crippen molar-refractivity contribution in [3.63, 3.8) is 0 Å². The van der Waals surface area contributed by atoms with Crippen LogP contribution in [0, 0.1) is 6.92 Å². The molecule has 0 aliphatic carbocycles. The fourth-order valence-electron chi connectivity index (χ4n) is 1.58. The van der Waals surface area contributed by atoms with Gasteiger partial charge in [0.25, 0.3) is 0 Å². The van der Waals surface area contributed by atoms with Crippen LogP contribution < -0.4 is 11.1 Å². The fourth-order valence-corrected chi connectivity index (χ4v) is 1.58. The normalized spacial score (nSPS) is 12.8. The lowest BCUT2D eigenvalue weighted by Crippen LogP contribution is -2.37. The molecule has 0 bridgehead atoms. The lowest BCUT2D eigenvalue weighted by molar-refractivity contribution is -0.125. The summed E-state index contributed by atoms with van der Waals surface area (Å²) in [6.45, 7) is 2.49. The second-order valence-electron chi connectivity index (χ2n) is 4.10. The summed E-state index contributed by atoms with van der Waals surface area (Å²) in [5.41, 5.74) is 7.53. The van der Waals surface area contributed by atoms with Crippen LogP contribution in [0.5, 0.6) is 0 Å². The van der Waals surface area contributed by atoms with Gasteiger partial charge in [-0.15, -0.1) is 0 Å². The van der Waals surface area contributed by atoms with E-state index in [9.17, 15) is 9.90 Å². The van der Waals surface area contributed by atoms with E-state index < -0.39 is 12.0 Å². The molecule has 0 fully saturated rings. The number of nitrogens with one attached hydrogen (secondary N) is 1. The van der Waals surface area contributed by atoms with E-state index in [0.717, 1.165) is 16.9 Å². The number of hydrogen-bond donors (Lipinski definition) is 3. The van der Waals surface area contributed by atoms with Crippen molar-refractivity contribution in [1.29, 1.82) is 0 Å². The summed E-state index contributed by atoms with van der Waals surface area (Å²) in [5, 5.41) is 16.4. The predicted molar refractivity (Wildman–Crippen MR) is 64.6 cm³/mol. The van der Waals surface area contributed by atoms with Gasteiger partial charge in [-0.2, -0.15) is 5.10 Å². The lowest BCUT2D eigenvalue weighted by Gasteiger charge is -2.08. The van der Waals surface area contributed by atoms with Gasteiger partial charge in [-0.3, -0.25) is 4.79 Å². The van der Waals surface area contributed by atoms with Crippen LogP contribution >= 0.6 is 0 Å². The largest absolute Gasteiger partial charge is 0.382 e. The Hall–Kier alpha value is -1.99. The van der Waals surface area contributed by atoms with E-state index in [1.54, 1.807) is 10.7 Å². The van der Waals surface area contributed by atoms with Crippen molar-refractivity contribution in [3.05, 3.63) is 29.7 Å². The maximum Gasteiger partial charge on any atom is 0.247 e. The number of carbonyl (C=O) groups excluding carboxylic acids is 1. The molecule has 0 radical (unpaired) electrons. The van der Waals surface area contributed by atoms with Gasteiger partial charge in [-0.1, -0.05) is 0 Å². The average molecular weight is 249 g/mol. The number of nitrogens with zero attached hydrogens (tertiary/aromatic N) is 3. The van der Waals surface area contributed by atoms with Crippen LogP contribution in [-0.2, 0) is 11.3 Å². The smallest absolute Gasteiger partial charge is 0.247 e. The molecule has 0 aliphatic heterocycles. The molecule has 18 heavy (non-hydrogen) atoms. The summed E-state index contributed by atoms with van der Waals surface area (Å²) >= 11 is 0. The first kappa shape index (κ1) is 12.5. The second kappa shape index (κ2) is 5.11. The minimum atomic E-state index is -1.17. The molecule has 2 aromatic heterocycles. The molecule has 1 unspecified atom stereocenters. The van der Waals surface area contributed by atoms with E-state index in [4.69, 9.17) is 5.73 Å². The Morgan fingerprint density at radius 1 is 1.67 bits per heavy atom. The maximum atomic E-state index is 10.6. The monoisotopic (exact) mass is 249 g/mol. The number of hydrogen-bond acceptors (Lipinski definition) is 5. The molecule has 2 heterocycles. The van der Waals surface area contributed by atoms with Gasteiger partial charge in [0.05, 0.1) is 5.69 Å². The highest BCUT2D eigenvalue weighted by Crippen LogP contribution is 2.04. The molecule has 7 heteroatoms. The number of carbonyl (C=O) groups is 1. The molecule has 4 N–H and O–H groups in total. The van der Waals surface area contributed by atoms with Crippen molar-refractivity contribution in [2.24, 2.45) is 5.73 Å². The number of aromatic nitrogens is 3. The molecule has 0 aliphatic rings. The van der Waals surface area contributed by atoms with Crippen molar-refractivity contribution in [2.45, 2.75) is 19.6 Å². The van der Waals surface area contributed by atoms with Crippen molar-refractivity contribution in [1.82, 2.24) is 19.9 Å². The van der Waals surface area contributed by atoms with Crippen LogP contribution in [0.15, 0.2) is 18.5 Å². The van der Waals surface area contributed by atoms with E-state index in [1.807, 2.05) is 19.2 Å². The average Bonchev–Trinajstić information content (AvgIpc) is 2.68. The third-order valence-electron chi connectivity index (χ3n) is 2.48. The Morgan fingerprint density at radius 2 is 2.44 bits per heavy atom. The Kier molecular flexibility index (Phi) is 3.54. The van der Waals surface area contributed by atoms with E-state index >= 15 is 0 Å². The SMILES string of the molecule is Cc1cc2ncc(CNCC(O)C(N)=O)cn2n1. The number of fused-ring (bicyclic) bond motifs is 1. The quantitative estimate of drug-likeness (QED) is 0.628. The molecular weight excluding hydrogens is 234 g/mol. The van der Waals surface area contributed by atoms with E-state index in [2.05, 4.69) is 15.4 Å². The highest BCUT2D eigenvalue weighted by Gasteiger charge is 2.09. The van der Waals surface area contributed by atoms with Gasteiger partial charge < -0.3 is 16.2 Å². The number of rotatable bonds is 5. The third-order valence-corrected chi connectivity index (χ3v) is 2.48. The van der Waals surface area contributed by atoms with Crippen LogP contribution in [0.4, 0.5) is 0 Å². The molecule has 0 saturated carbocycles. The Balaban J connectivity index is 1.97. The zero-order chi connectivity index (χ0) is 13.1. The van der Waals surface area contributed by atoms with Gasteiger partial charge in [0, 0.05) is 37.1 Å². The van der Waals surface area contributed by atoms with Crippen LogP contribution in [-0.4, -0.2) is 38.3 Å². The van der Waals surface area contributed by atoms with E-state index in [1.165, 1.54) is 0 Å². The number of nitrogens with two attached hydrogens (primary N) is 1. The second-order valence-corrected chi connectivity index (χ2v) is 4.10. The highest BCUT2D eigenvalue weighted by atomic mass is 16.3. The zero-order valence-corrected chi connectivity index (χ0v) is 10.00. The Labute approximate surface area is 104 Å². The third kappa shape index (κ3) is 2.82. The van der Waals surface area contributed by atoms with E-state index in [-0.39, 0.29) is 6.54 Å². The van der Waals surface area contributed by atoms with Crippen LogP contribution in [0.2, 0.25) is 0 Å². The van der Waals surface area contributed by atoms with Crippen LogP contribution in [0.3, 0.4) is 0 Å². The highest BCUT2D eigenvalue weighted by molar-refractivity contribution is 5.78. The molecule has 2 rings (SSSR count). The van der Waals surface area contributed by atoms with Crippen molar-refractivity contribution in [2.75, 3.05) is 6.54 Å². The van der Waals surface area contributed by atoms with Gasteiger partial charge in [0.15, 0.2) is 5.65 Å². The predicted octanol–water partition coefficient (Wildman–Crippen LogP) is -1.03. The summed E-state index contributed by atoms with van der Waals surface area (Å²) in [6, 6.07) is 1.88. The van der Waals surface area contributed by atoms with Gasteiger partial charge >= 0.3 is 0 Å². The molecule has 0 saturated heterocycles. The first-order valence-corrected chi connectivity index (χ1v) is 5.55. The molecule has 1 amide bonds. The maximum absolute atomic E-state index is 10.6. The zero-order valence-electron chi connectivity index (χ0n) is 10.00. The minimum absolute atomic E-state index is 0.117. The number of aliphatic hydroxyl groups excluding tert-OH is 1. The van der Waals surface area contributed by atoms with Gasteiger partial charge in [0.2, 0.25) is 5.91 Å². The molecule has 7 nitrogen and oxygen atoms in total. The van der Waals surface area contributed by atoms with E-state index in [0.29, 0.717) is 6.54 Å². The standard InChI is InChI=1S/C11H15N5O2/c1-7-2-10-14-4-8(6-16(10)15-7)3-13-5-9(17)11(12)18/h2,4,6,9,13,17H,3,5H2,1H3,(H2,12,18). The summed E-state index contributed by atoms with van der Waals surface area (Å²) in [5.74, 6) is -0.737. The number of primary amides is 1. The summed E-state index contributed by atoms with van der Waals surface area (Å²) in [4.78, 5) is 14.9. The summed E-state index contributed by atoms with van der Waals surface area (Å²) in [6.07, 6.45) is 2.40. The van der Waals surface area contributed by atoms with Crippen molar-refractivity contribution < 1.29 is 9.90 Å². The molecule has 0 spiro atoms. The molecule has 1 atom stereocenters. The topological polar surface area (TPSA) is 106 Å². The number of aryl methyl sites for hydroxylation is 1. The molecule has 96 valence electrons. The fraction of sp³-hybridized carbons (Fsp3) is 0.364. The minimum Gasteiger partial charge on any atom is -0.382 e. The number of aliphatic hydroxyl groups is 1. The van der Waals surface area contributed by atoms with Gasteiger partial charge in [0.1, 0.15) is 6.10 Å². The first-order valence-electron chi connectivity index (χ1n) is 5.55. The Bertz CT molecular complexity index is 566. The van der Waals surface area contributed by atoms with Gasteiger partial charge in [-0.05, 0) is 6.92 Å². The van der Waals surface area contributed by atoms with Crippen LogP contribution in [0.1, 0.15) is 11.3 Å². The lowest BCUT2D eigenvalue weighted by atomic mass is 10.3. The van der Waals surface area contributed by atoms with Crippen molar-refractivity contribution in [3.8, 4) is 0 Å². The molecule has 0 aromatic carbocycles. The Morgan fingerprint density at radius 3 is 3.17 bits per heavy atom. The van der Waals surface area contributed by atoms with Gasteiger partial charge in [-0.25, -0.2) is 9.50 Å². The summed E-state index contributed by atoms with van der Waals surface area (Å²) in [7, 11) is 0. The number of amides is 1. The molecular formula is C11H15N5O2. The van der Waals surface area contributed by atoms with Crippen LogP contribution in [0.25, 0.3) is 5.65 Å². The van der Waals surface area contributed by atoms with Crippen molar-refractivity contribution >= 4 is 11.6 Å². The first-order chi connectivity index (χ1) is 8.56. The summed E-state index contributed by atoms with van der Waals surface area (Å²) < 4.78 is 1.69.